The topological polar surface area (TPSA) is 12.0 Å². The summed E-state index contributed by atoms with van der Waals surface area (Å²) in [6.07, 6.45) is 7.11. The van der Waals surface area contributed by atoms with Crippen molar-refractivity contribution in [3.8, 4) is 0 Å². The molecule has 1 aromatic carbocycles. The maximum atomic E-state index is 3.78. The van der Waals surface area contributed by atoms with Crippen LogP contribution in [0.4, 0.5) is 0 Å². The minimum absolute atomic E-state index is 0.457. The minimum atomic E-state index is 0.457. The van der Waals surface area contributed by atoms with E-state index in [1.165, 1.54) is 41.2 Å². The maximum absolute atomic E-state index is 3.78. The smallest absolute Gasteiger partial charge is 0.0294 e. The van der Waals surface area contributed by atoms with E-state index in [2.05, 4.69) is 66.0 Å². The second kappa shape index (κ2) is 6.90. The molecule has 100 valence electrons. The van der Waals surface area contributed by atoms with Gasteiger partial charge in [0.15, 0.2) is 0 Å². The summed E-state index contributed by atoms with van der Waals surface area (Å²) in [5, 5.41) is 3.78. The van der Waals surface area contributed by atoms with Gasteiger partial charge in [-0.15, -0.1) is 0 Å². The highest BCUT2D eigenvalue weighted by molar-refractivity contribution is 14.1. The monoisotopic (exact) mass is 357 g/mol. The van der Waals surface area contributed by atoms with Crippen molar-refractivity contribution in [2.75, 3.05) is 0 Å². The Kier molecular flexibility index (Phi) is 5.49. The molecule has 2 heteroatoms. The van der Waals surface area contributed by atoms with E-state index in [0.29, 0.717) is 12.1 Å². The Hall–Kier alpha value is -0.0900. The van der Waals surface area contributed by atoms with Crippen LogP contribution in [0.5, 0.6) is 0 Å². The van der Waals surface area contributed by atoms with Crippen molar-refractivity contribution >= 4 is 22.6 Å². The van der Waals surface area contributed by atoms with Crippen molar-refractivity contribution in [3.63, 3.8) is 0 Å². The van der Waals surface area contributed by atoms with Crippen LogP contribution >= 0.6 is 22.6 Å². The van der Waals surface area contributed by atoms with Gasteiger partial charge in [-0.25, -0.2) is 0 Å². The van der Waals surface area contributed by atoms with Crippen LogP contribution in [0.15, 0.2) is 24.3 Å². The SMILES string of the molecule is CC(N[C@H](C)C1CCCCC1)c1ccc(I)cc1. The van der Waals surface area contributed by atoms with Crippen LogP contribution in [-0.2, 0) is 0 Å². The zero-order chi connectivity index (χ0) is 13.0. The first-order valence-corrected chi connectivity index (χ1v) is 8.26. The summed E-state index contributed by atoms with van der Waals surface area (Å²) in [6, 6.07) is 9.97. The molecule has 1 nitrogen and oxygen atoms in total. The number of hydrogen-bond acceptors (Lipinski definition) is 1. The van der Waals surface area contributed by atoms with Crippen molar-refractivity contribution in [1.82, 2.24) is 5.32 Å². The average Bonchev–Trinajstić information content (AvgIpc) is 2.40. The Morgan fingerprint density at radius 3 is 2.28 bits per heavy atom. The molecule has 1 aromatic rings. The molecule has 0 spiro atoms. The molecule has 1 unspecified atom stereocenters. The zero-order valence-corrected chi connectivity index (χ0v) is 13.6. The largest absolute Gasteiger partial charge is 0.307 e. The molecule has 0 amide bonds. The first-order chi connectivity index (χ1) is 8.66. The van der Waals surface area contributed by atoms with Crippen molar-refractivity contribution in [2.24, 2.45) is 5.92 Å². The summed E-state index contributed by atoms with van der Waals surface area (Å²) >= 11 is 2.36. The molecule has 0 radical (unpaired) electrons. The molecule has 0 saturated heterocycles. The van der Waals surface area contributed by atoms with E-state index in [1.807, 2.05) is 0 Å². The maximum Gasteiger partial charge on any atom is 0.0294 e. The molecule has 0 aromatic heterocycles. The predicted molar refractivity (Wildman–Crippen MR) is 86.7 cm³/mol. The first-order valence-electron chi connectivity index (χ1n) is 7.18. The van der Waals surface area contributed by atoms with Crippen LogP contribution < -0.4 is 5.32 Å². The number of rotatable bonds is 4. The zero-order valence-electron chi connectivity index (χ0n) is 11.5. The number of nitrogens with one attached hydrogen (secondary N) is 1. The summed E-state index contributed by atoms with van der Waals surface area (Å²) in [6.45, 7) is 4.64. The average molecular weight is 357 g/mol. The van der Waals surface area contributed by atoms with E-state index < -0.39 is 0 Å². The normalized spacial score (nSPS) is 20.6. The Labute approximate surface area is 125 Å². The Bertz CT molecular complexity index is 354. The van der Waals surface area contributed by atoms with Gasteiger partial charge in [0, 0.05) is 15.7 Å². The van der Waals surface area contributed by atoms with Crippen LogP contribution in [0.2, 0.25) is 0 Å². The molecule has 0 aliphatic heterocycles. The highest BCUT2D eigenvalue weighted by Crippen LogP contribution is 2.27. The van der Waals surface area contributed by atoms with Crippen LogP contribution in [0, 0.1) is 9.49 Å². The summed E-state index contributed by atoms with van der Waals surface area (Å²) in [5.74, 6) is 0.880. The summed E-state index contributed by atoms with van der Waals surface area (Å²) in [5.41, 5.74) is 1.40. The van der Waals surface area contributed by atoms with Crippen LogP contribution in [-0.4, -0.2) is 6.04 Å². The second-order valence-electron chi connectivity index (χ2n) is 5.63. The Morgan fingerprint density at radius 1 is 1.06 bits per heavy atom. The lowest BCUT2D eigenvalue weighted by molar-refractivity contribution is 0.268. The Morgan fingerprint density at radius 2 is 1.67 bits per heavy atom. The van der Waals surface area contributed by atoms with Gasteiger partial charge >= 0.3 is 0 Å². The van der Waals surface area contributed by atoms with Gasteiger partial charge in [0.25, 0.3) is 0 Å². The van der Waals surface area contributed by atoms with Crippen molar-refractivity contribution in [1.29, 1.82) is 0 Å². The third kappa shape index (κ3) is 3.95. The quantitative estimate of drug-likeness (QED) is 0.755. The van der Waals surface area contributed by atoms with E-state index in [-0.39, 0.29) is 0 Å². The van der Waals surface area contributed by atoms with E-state index in [1.54, 1.807) is 0 Å². The van der Waals surface area contributed by atoms with Crippen molar-refractivity contribution < 1.29 is 0 Å². The molecule has 1 aliphatic carbocycles. The fraction of sp³-hybridized carbons (Fsp3) is 0.625. The van der Waals surface area contributed by atoms with Gasteiger partial charge in [-0.2, -0.15) is 0 Å². The molecule has 1 fully saturated rings. The molecule has 1 aliphatic rings. The highest BCUT2D eigenvalue weighted by Gasteiger charge is 2.21. The lowest BCUT2D eigenvalue weighted by atomic mass is 9.84. The summed E-state index contributed by atoms with van der Waals surface area (Å²) < 4.78 is 1.31. The van der Waals surface area contributed by atoms with Crippen LogP contribution in [0.1, 0.15) is 57.6 Å². The molecular formula is C16H24IN. The van der Waals surface area contributed by atoms with E-state index >= 15 is 0 Å². The lowest BCUT2D eigenvalue weighted by Crippen LogP contribution is -2.36. The van der Waals surface area contributed by atoms with Gasteiger partial charge in [0.05, 0.1) is 0 Å². The van der Waals surface area contributed by atoms with Gasteiger partial charge in [0.2, 0.25) is 0 Å². The third-order valence-electron chi connectivity index (χ3n) is 4.24. The Balaban J connectivity index is 1.89. The van der Waals surface area contributed by atoms with Crippen LogP contribution in [0.25, 0.3) is 0 Å². The fourth-order valence-corrected chi connectivity index (χ4v) is 3.37. The molecule has 1 N–H and O–H groups in total. The lowest BCUT2D eigenvalue weighted by Gasteiger charge is -2.30. The van der Waals surface area contributed by atoms with E-state index in [9.17, 15) is 0 Å². The molecule has 0 bridgehead atoms. The van der Waals surface area contributed by atoms with Gasteiger partial charge in [-0.05, 0) is 72.9 Å². The molecule has 2 rings (SSSR count). The van der Waals surface area contributed by atoms with Crippen molar-refractivity contribution in [3.05, 3.63) is 33.4 Å². The fourth-order valence-electron chi connectivity index (χ4n) is 3.01. The standard InChI is InChI=1S/C16H24IN/c1-12(14-6-4-3-5-7-14)18-13(2)15-8-10-16(17)11-9-15/h8-14,18H,3-7H2,1-2H3/t12-,13?/m1/s1. The van der Waals surface area contributed by atoms with Gasteiger partial charge in [0.1, 0.15) is 0 Å². The van der Waals surface area contributed by atoms with Crippen LogP contribution in [0.3, 0.4) is 0 Å². The third-order valence-corrected chi connectivity index (χ3v) is 4.96. The van der Waals surface area contributed by atoms with Gasteiger partial charge in [-0.3, -0.25) is 0 Å². The minimum Gasteiger partial charge on any atom is -0.307 e. The first kappa shape index (κ1) is 14.3. The number of benzene rings is 1. The second-order valence-corrected chi connectivity index (χ2v) is 6.87. The van der Waals surface area contributed by atoms with Gasteiger partial charge in [-0.1, -0.05) is 31.4 Å². The number of hydrogen-bond donors (Lipinski definition) is 1. The highest BCUT2D eigenvalue weighted by atomic mass is 127. The van der Waals surface area contributed by atoms with Crippen molar-refractivity contribution in [2.45, 2.75) is 58.0 Å². The molecule has 1 saturated carbocycles. The van der Waals surface area contributed by atoms with Gasteiger partial charge < -0.3 is 5.32 Å². The van der Waals surface area contributed by atoms with E-state index in [4.69, 9.17) is 0 Å². The summed E-state index contributed by atoms with van der Waals surface area (Å²) in [7, 11) is 0. The number of halogens is 1. The van der Waals surface area contributed by atoms with E-state index in [0.717, 1.165) is 5.92 Å². The summed E-state index contributed by atoms with van der Waals surface area (Å²) in [4.78, 5) is 0. The molecule has 0 heterocycles. The predicted octanol–water partition coefficient (Wildman–Crippen LogP) is 4.91. The molecule has 2 atom stereocenters. The molecule has 18 heavy (non-hydrogen) atoms. The molecular weight excluding hydrogens is 333 g/mol.